The lowest BCUT2D eigenvalue weighted by atomic mass is 10.2. The molecule has 3 aromatic rings. The Bertz CT molecular complexity index is 1060. The zero-order valence-corrected chi connectivity index (χ0v) is 16.6. The summed E-state index contributed by atoms with van der Waals surface area (Å²) in [6.45, 7) is 2.15. The molecule has 0 aromatic carbocycles. The van der Waals surface area contributed by atoms with Crippen molar-refractivity contribution < 1.29 is 17.6 Å². The van der Waals surface area contributed by atoms with Crippen LogP contribution in [0.25, 0.3) is 11.6 Å². The van der Waals surface area contributed by atoms with Gasteiger partial charge in [0.2, 0.25) is 5.91 Å². The molecule has 1 fully saturated rings. The minimum Gasteiger partial charge on any atom is -0.401 e. The van der Waals surface area contributed by atoms with Crippen LogP contribution in [-0.2, 0) is 14.8 Å². The number of rotatable bonds is 5. The zero-order chi connectivity index (χ0) is 19.0. The van der Waals surface area contributed by atoms with Gasteiger partial charge in [0, 0.05) is 11.9 Å². The lowest BCUT2D eigenvalue weighted by Crippen LogP contribution is -2.42. The lowest BCUT2D eigenvalue weighted by molar-refractivity contribution is -0.119. The Hall–Kier alpha value is -2.15. The number of hydrogen-bond acceptors (Lipinski definition) is 9. The van der Waals surface area contributed by atoms with Crippen LogP contribution in [-0.4, -0.2) is 46.4 Å². The molecule has 1 N–H and O–H groups in total. The minimum absolute atomic E-state index is 0.0824. The van der Waals surface area contributed by atoms with Gasteiger partial charge in [0.1, 0.15) is 15.9 Å². The van der Waals surface area contributed by atoms with Gasteiger partial charge in [-0.15, -0.1) is 27.8 Å². The number of nitrogens with zero attached hydrogens (tertiary/aromatic N) is 4. The summed E-state index contributed by atoms with van der Waals surface area (Å²) < 4.78 is 32.4. The van der Waals surface area contributed by atoms with E-state index in [1.54, 1.807) is 16.8 Å². The third-order valence-corrected chi connectivity index (χ3v) is 8.11. The van der Waals surface area contributed by atoms with Gasteiger partial charge < -0.3 is 4.42 Å². The highest BCUT2D eigenvalue weighted by molar-refractivity contribution is 7.91. The van der Waals surface area contributed by atoms with Gasteiger partial charge in [-0.05, 0) is 31.2 Å². The molecule has 1 aliphatic rings. The van der Waals surface area contributed by atoms with Crippen molar-refractivity contribution in [2.45, 2.75) is 30.0 Å². The Kier molecular flexibility index (Phi) is 4.80. The first-order valence-electron chi connectivity index (χ1n) is 8.07. The van der Waals surface area contributed by atoms with Crippen LogP contribution in [0.2, 0.25) is 0 Å². The van der Waals surface area contributed by atoms with E-state index < -0.39 is 22.0 Å². The van der Waals surface area contributed by atoms with E-state index in [9.17, 15) is 13.2 Å². The van der Waals surface area contributed by atoms with E-state index >= 15 is 0 Å². The standard InChI is InChI=1S/C15H15N5O4S3/c1-9-16-10(8-26-9)14-18-19-15(24-14)17-13(21)11-4-2-6-20(11)27(22,23)12-5-3-7-25-12/h3,5,7-8,11H,2,4,6H2,1H3,(H,17,19,21)/t11-/m0/s1. The molecule has 0 bridgehead atoms. The largest absolute Gasteiger partial charge is 0.401 e. The summed E-state index contributed by atoms with van der Waals surface area (Å²) in [5, 5.41) is 14.5. The molecule has 9 nitrogen and oxygen atoms in total. The quantitative estimate of drug-likeness (QED) is 0.666. The van der Waals surface area contributed by atoms with E-state index in [1.165, 1.54) is 21.7 Å². The van der Waals surface area contributed by atoms with Gasteiger partial charge in [0.25, 0.3) is 15.9 Å². The highest BCUT2D eigenvalue weighted by Crippen LogP contribution is 2.29. The van der Waals surface area contributed by atoms with Crippen molar-refractivity contribution in [3.05, 3.63) is 27.9 Å². The highest BCUT2D eigenvalue weighted by Gasteiger charge is 2.40. The maximum absolute atomic E-state index is 12.8. The fourth-order valence-electron chi connectivity index (χ4n) is 2.84. The molecule has 27 heavy (non-hydrogen) atoms. The molecule has 0 unspecified atom stereocenters. The van der Waals surface area contributed by atoms with Gasteiger partial charge in [-0.25, -0.2) is 13.4 Å². The highest BCUT2D eigenvalue weighted by atomic mass is 32.2. The number of thiazole rings is 1. The van der Waals surface area contributed by atoms with Gasteiger partial charge in [-0.2, -0.15) is 4.31 Å². The van der Waals surface area contributed by atoms with Crippen molar-refractivity contribution in [3.8, 4) is 11.6 Å². The zero-order valence-electron chi connectivity index (χ0n) is 14.2. The fraction of sp³-hybridized carbons (Fsp3) is 0.333. The van der Waals surface area contributed by atoms with Gasteiger partial charge in [-0.1, -0.05) is 11.2 Å². The van der Waals surface area contributed by atoms with E-state index in [0.717, 1.165) is 16.3 Å². The van der Waals surface area contributed by atoms with E-state index in [-0.39, 0.29) is 16.1 Å². The Morgan fingerprint density at radius 3 is 2.93 bits per heavy atom. The summed E-state index contributed by atoms with van der Waals surface area (Å²) in [5.41, 5.74) is 0.535. The number of nitrogens with one attached hydrogen (secondary N) is 1. The van der Waals surface area contributed by atoms with Gasteiger partial charge in [-0.3, -0.25) is 10.1 Å². The molecule has 0 saturated carbocycles. The van der Waals surface area contributed by atoms with Gasteiger partial charge in [0.05, 0.1) is 5.01 Å². The van der Waals surface area contributed by atoms with E-state index in [0.29, 0.717) is 25.1 Å². The number of aryl methyl sites for hydroxylation is 1. The van der Waals surface area contributed by atoms with Crippen LogP contribution in [0.4, 0.5) is 6.01 Å². The molecule has 0 spiro atoms. The predicted octanol–water partition coefficient (Wildman–Crippen LogP) is 2.35. The normalized spacial score (nSPS) is 18.0. The Morgan fingerprint density at radius 1 is 1.37 bits per heavy atom. The average molecular weight is 426 g/mol. The third-order valence-electron chi connectivity index (χ3n) is 4.06. The Morgan fingerprint density at radius 2 is 2.22 bits per heavy atom. The fourth-order valence-corrected chi connectivity index (χ4v) is 6.21. The molecule has 1 saturated heterocycles. The molecule has 142 valence electrons. The summed E-state index contributed by atoms with van der Waals surface area (Å²) >= 11 is 2.58. The van der Waals surface area contributed by atoms with Crippen LogP contribution < -0.4 is 5.32 Å². The van der Waals surface area contributed by atoms with Crippen molar-refractivity contribution >= 4 is 44.6 Å². The minimum atomic E-state index is -3.70. The van der Waals surface area contributed by atoms with Crippen LogP contribution in [0, 0.1) is 6.92 Å². The average Bonchev–Trinajstić information content (AvgIpc) is 3.41. The molecule has 3 aromatic heterocycles. The van der Waals surface area contributed by atoms with Crippen LogP contribution in [0.15, 0.2) is 31.5 Å². The maximum Gasteiger partial charge on any atom is 0.322 e. The molecule has 1 amide bonds. The van der Waals surface area contributed by atoms with Crippen LogP contribution in [0.3, 0.4) is 0 Å². The summed E-state index contributed by atoms with van der Waals surface area (Å²) in [5.74, 6) is -0.290. The van der Waals surface area contributed by atoms with Crippen LogP contribution in [0.5, 0.6) is 0 Å². The number of sulfonamides is 1. The molecule has 0 aliphatic carbocycles. The summed E-state index contributed by atoms with van der Waals surface area (Å²) in [4.78, 5) is 16.9. The molecule has 4 rings (SSSR count). The second-order valence-corrected chi connectivity index (χ2v) is 9.99. The van der Waals surface area contributed by atoms with Crippen molar-refractivity contribution in [1.29, 1.82) is 0 Å². The smallest absolute Gasteiger partial charge is 0.322 e. The SMILES string of the molecule is Cc1nc(-c2nnc(NC(=O)[C@@H]3CCCN3S(=O)(=O)c3cccs3)o2)cs1. The molecular formula is C15H15N5O4S3. The molecule has 0 radical (unpaired) electrons. The van der Waals surface area contributed by atoms with Crippen molar-refractivity contribution in [3.63, 3.8) is 0 Å². The summed E-state index contributed by atoms with van der Waals surface area (Å²) in [6, 6.07) is 2.31. The van der Waals surface area contributed by atoms with E-state index in [2.05, 4.69) is 20.5 Å². The second-order valence-electron chi connectivity index (χ2n) is 5.86. The van der Waals surface area contributed by atoms with Gasteiger partial charge >= 0.3 is 6.01 Å². The molecule has 1 atom stereocenters. The third kappa shape index (κ3) is 3.52. The molecule has 1 aliphatic heterocycles. The van der Waals surface area contributed by atoms with Crippen LogP contribution >= 0.6 is 22.7 Å². The second kappa shape index (κ2) is 7.11. The monoisotopic (exact) mass is 425 g/mol. The Labute approximate surface area is 163 Å². The number of anilines is 1. The van der Waals surface area contributed by atoms with Crippen LogP contribution in [0.1, 0.15) is 17.8 Å². The topological polar surface area (TPSA) is 118 Å². The first kappa shape index (κ1) is 18.2. The first-order valence-corrected chi connectivity index (χ1v) is 11.3. The van der Waals surface area contributed by atoms with E-state index in [1.807, 2.05) is 6.92 Å². The number of carbonyl (C=O) groups is 1. The van der Waals surface area contributed by atoms with Crippen molar-refractivity contribution in [2.75, 3.05) is 11.9 Å². The van der Waals surface area contributed by atoms with Crippen molar-refractivity contribution in [1.82, 2.24) is 19.5 Å². The van der Waals surface area contributed by atoms with E-state index in [4.69, 9.17) is 4.42 Å². The molecule has 4 heterocycles. The lowest BCUT2D eigenvalue weighted by Gasteiger charge is -2.21. The molecule has 12 heteroatoms. The maximum atomic E-state index is 12.8. The Balaban J connectivity index is 1.50. The summed E-state index contributed by atoms with van der Waals surface area (Å²) in [7, 11) is -3.70. The number of aromatic nitrogens is 3. The first-order chi connectivity index (χ1) is 12.9. The van der Waals surface area contributed by atoms with Gasteiger partial charge in [0.15, 0.2) is 0 Å². The molecular weight excluding hydrogens is 410 g/mol. The number of amides is 1. The number of carbonyl (C=O) groups excluding carboxylic acids is 1. The predicted molar refractivity (Wildman–Crippen MR) is 100 cm³/mol. The summed E-state index contributed by atoms with van der Waals surface area (Å²) in [6.07, 6.45) is 1.04. The number of thiophene rings is 1. The van der Waals surface area contributed by atoms with Crippen molar-refractivity contribution in [2.24, 2.45) is 0 Å². The number of hydrogen-bond donors (Lipinski definition) is 1.